The Morgan fingerprint density at radius 2 is 2.19 bits per heavy atom. The lowest BCUT2D eigenvalue weighted by molar-refractivity contribution is 0.287. The Kier molecular flexibility index (Phi) is 2.96. The molecule has 0 aliphatic rings. The molecule has 84 valence electrons. The molecule has 0 fully saturated rings. The number of aliphatic hydroxyl groups is 1. The van der Waals surface area contributed by atoms with Gasteiger partial charge in [0.25, 0.3) is 0 Å². The molecule has 0 aromatic carbocycles. The molecule has 2 aromatic heterocycles. The molecule has 0 amide bonds. The third-order valence-corrected chi connectivity index (χ3v) is 2.38. The zero-order chi connectivity index (χ0) is 11.5. The van der Waals surface area contributed by atoms with Gasteiger partial charge in [0.05, 0.1) is 5.69 Å². The summed E-state index contributed by atoms with van der Waals surface area (Å²) in [6, 6.07) is 3.19. The summed E-state index contributed by atoms with van der Waals surface area (Å²) in [5.41, 5.74) is 1.24. The molecule has 5 heteroatoms. The Balaban J connectivity index is 2.52. The largest absolute Gasteiger partial charge is 0.396 e. The van der Waals surface area contributed by atoms with Gasteiger partial charge in [0.1, 0.15) is 11.5 Å². The molecule has 0 spiro atoms. The summed E-state index contributed by atoms with van der Waals surface area (Å²) in [5.74, 6) is 0.654. The van der Waals surface area contributed by atoms with E-state index in [4.69, 9.17) is 5.11 Å². The van der Waals surface area contributed by atoms with Crippen LogP contribution in [0.1, 0.15) is 17.9 Å². The zero-order valence-corrected chi connectivity index (χ0v) is 9.03. The van der Waals surface area contributed by atoms with E-state index < -0.39 is 0 Å². The van der Waals surface area contributed by atoms with E-state index in [1.54, 1.807) is 6.07 Å². The first-order valence-corrected chi connectivity index (χ1v) is 5.18. The number of aromatic nitrogens is 3. The van der Waals surface area contributed by atoms with Gasteiger partial charge in [0, 0.05) is 24.5 Å². The van der Waals surface area contributed by atoms with Gasteiger partial charge < -0.3 is 10.1 Å². The predicted molar refractivity (Wildman–Crippen MR) is 60.3 cm³/mol. The minimum atomic E-state index is -0.168. The summed E-state index contributed by atoms with van der Waals surface area (Å²) >= 11 is 0. The molecule has 0 saturated heterocycles. The molecule has 0 saturated carbocycles. The molecule has 16 heavy (non-hydrogen) atoms. The van der Waals surface area contributed by atoms with E-state index in [-0.39, 0.29) is 12.2 Å². The second kappa shape index (κ2) is 4.40. The predicted octanol–water partition coefficient (Wildman–Crippen LogP) is 0.551. The zero-order valence-electron chi connectivity index (χ0n) is 9.03. The van der Waals surface area contributed by atoms with Crippen molar-refractivity contribution >= 4 is 11.0 Å². The van der Waals surface area contributed by atoms with Crippen LogP contribution in [0.15, 0.2) is 16.9 Å². The molecular weight excluding hydrogens is 206 g/mol. The number of nitrogens with one attached hydrogen (secondary N) is 1. The Bertz CT molecular complexity index is 563. The molecule has 5 nitrogen and oxygen atoms in total. The van der Waals surface area contributed by atoms with E-state index in [0.29, 0.717) is 24.3 Å². The van der Waals surface area contributed by atoms with E-state index in [1.165, 1.54) is 6.07 Å². The monoisotopic (exact) mass is 219 g/mol. The van der Waals surface area contributed by atoms with Crippen LogP contribution in [0, 0.1) is 6.92 Å². The van der Waals surface area contributed by atoms with Gasteiger partial charge in [-0.05, 0) is 19.4 Å². The topological polar surface area (TPSA) is 78.9 Å². The maximum atomic E-state index is 11.2. The summed E-state index contributed by atoms with van der Waals surface area (Å²) in [5, 5.41) is 9.59. The van der Waals surface area contributed by atoms with Crippen LogP contribution in [0.3, 0.4) is 0 Å². The Hall–Kier alpha value is -1.75. The maximum Gasteiger partial charge on any atom is 0.249 e. The molecule has 0 aliphatic carbocycles. The summed E-state index contributed by atoms with van der Waals surface area (Å²) in [6.45, 7) is 2.00. The Morgan fingerprint density at radius 3 is 2.94 bits per heavy atom. The molecule has 0 aliphatic heterocycles. The minimum Gasteiger partial charge on any atom is -0.396 e. The first kappa shape index (κ1) is 10.8. The number of aromatic amines is 1. The third kappa shape index (κ3) is 2.09. The van der Waals surface area contributed by atoms with Crippen molar-refractivity contribution in [3.63, 3.8) is 0 Å². The van der Waals surface area contributed by atoms with Crippen molar-refractivity contribution in [3.05, 3.63) is 34.0 Å². The van der Waals surface area contributed by atoms with E-state index in [9.17, 15) is 4.79 Å². The van der Waals surface area contributed by atoms with Gasteiger partial charge in [-0.15, -0.1) is 0 Å². The van der Waals surface area contributed by atoms with Crippen molar-refractivity contribution in [2.75, 3.05) is 6.61 Å². The Labute approximate surface area is 92.2 Å². The number of hydrogen-bond acceptors (Lipinski definition) is 4. The van der Waals surface area contributed by atoms with Crippen LogP contribution in [-0.4, -0.2) is 26.7 Å². The van der Waals surface area contributed by atoms with Crippen LogP contribution in [0.5, 0.6) is 0 Å². The average molecular weight is 219 g/mol. The van der Waals surface area contributed by atoms with Crippen LogP contribution < -0.4 is 5.56 Å². The van der Waals surface area contributed by atoms with Crippen molar-refractivity contribution in [2.24, 2.45) is 0 Å². The number of fused-ring (bicyclic) bond motifs is 1. The standard InChI is InChI=1S/C11H13N3O2/c1-7-8-4-5-10(16)14-11(8)13-9(12-7)3-2-6-15/h4-5,15H,2-3,6H2,1H3,(H,12,13,14,16). The second-order valence-electron chi connectivity index (χ2n) is 3.64. The van der Waals surface area contributed by atoms with Gasteiger partial charge in [0.15, 0.2) is 0 Å². The second-order valence-corrected chi connectivity index (χ2v) is 3.64. The summed E-state index contributed by atoms with van der Waals surface area (Å²) in [6.07, 6.45) is 1.24. The van der Waals surface area contributed by atoms with Crippen molar-refractivity contribution < 1.29 is 5.11 Å². The fourth-order valence-corrected chi connectivity index (χ4v) is 1.60. The molecular formula is C11H13N3O2. The highest BCUT2D eigenvalue weighted by Gasteiger charge is 2.04. The van der Waals surface area contributed by atoms with Crippen molar-refractivity contribution in [1.29, 1.82) is 0 Å². The molecule has 2 aromatic rings. The van der Waals surface area contributed by atoms with Gasteiger partial charge in [-0.3, -0.25) is 4.79 Å². The number of pyridine rings is 1. The van der Waals surface area contributed by atoms with Crippen LogP contribution >= 0.6 is 0 Å². The van der Waals surface area contributed by atoms with E-state index >= 15 is 0 Å². The molecule has 0 bridgehead atoms. The molecule has 2 N–H and O–H groups in total. The smallest absolute Gasteiger partial charge is 0.249 e. The van der Waals surface area contributed by atoms with Crippen LogP contribution in [0.2, 0.25) is 0 Å². The molecule has 0 atom stereocenters. The van der Waals surface area contributed by atoms with E-state index in [2.05, 4.69) is 15.0 Å². The van der Waals surface area contributed by atoms with Gasteiger partial charge in [-0.1, -0.05) is 0 Å². The lowest BCUT2D eigenvalue weighted by Gasteiger charge is -2.04. The van der Waals surface area contributed by atoms with Gasteiger partial charge in [0.2, 0.25) is 5.56 Å². The summed E-state index contributed by atoms with van der Waals surface area (Å²) < 4.78 is 0. The number of aliphatic hydroxyl groups excluding tert-OH is 1. The van der Waals surface area contributed by atoms with Gasteiger partial charge in [-0.25, -0.2) is 9.97 Å². The maximum absolute atomic E-state index is 11.2. The highest BCUT2D eigenvalue weighted by molar-refractivity contribution is 5.76. The summed E-state index contributed by atoms with van der Waals surface area (Å²) in [4.78, 5) is 22.4. The number of nitrogens with zero attached hydrogens (tertiary/aromatic N) is 2. The summed E-state index contributed by atoms with van der Waals surface area (Å²) in [7, 11) is 0. The highest BCUT2D eigenvalue weighted by Crippen LogP contribution is 2.11. The fraction of sp³-hybridized carbons (Fsp3) is 0.364. The lowest BCUT2D eigenvalue weighted by Crippen LogP contribution is -2.07. The van der Waals surface area contributed by atoms with Crippen molar-refractivity contribution in [1.82, 2.24) is 15.0 Å². The molecule has 0 unspecified atom stereocenters. The van der Waals surface area contributed by atoms with Crippen LogP contribution in [-0.2, 0) is 6.42 Å². The van der Waals surface area contributed by atoms with Gasteiger partial charge in [-0.2, -0.15) is 0 Å². The van der Waals surface area contributed by atoms with Crippen LogP contribution in [0.4, 0.5) is 0 Å². The van der Waals surface area contributed by atoms with E-state index in [0.717, 1.165) is 11.1 Å². The third-order valence-electron chi connectivity index (χ3n) is 2.38. The first-order valence-electron chi connectivity index (χ1n) is 5.18. The minimum absolute atomic E-state index is 0.117. The number of rotatable bonds is 3. The molecule has 2 rings (SSSR count). The number of aryl methyl sites for hydroxylation is 2. The first-order chi connectivity index (χ1) is 7.70. The molecule has 0 radical (unpaired) electrons. The number of hydrogen-bond donors (Lipinski definition) is 2. The average Bonchev–Trinajstić information content (AvgIpc) is 2.25. The quantitative estimate of drug-likeness (QED) is 0.790. The lowest BCUT2D eigenvalue weighted by atomic mass is 10.2. The Morgan fingerprint density at radius 1 is 1.38 bits per heavy atom. The van der Waals surface area contributed by atoms with Gasteiger partial charge >= 0.3 is 0 Å². The SMILES string of the molecule is Cc1nc(CCCO)nc2[nH]c(=O)ccc12. The molecule has 2 heterocycles. The van der Waals surface area contributed by atoms with E-state index in [1.807, 2.05) is 6.92 Å². The highest BCUT2D eigenvalue weighted by atomic mass is 16.2. The number of H-pyrrole nitrogens is 1. The van der Waals surface area contributed by atoms with Crippen LogP contribution in [0.25, 0.3) is 11.0 Å². The van der Waals surface area contributed by atoms with Crippen molar-refractivity contribution in [2.45, 2.75) is 19.8 Å². The van der Waals surface area contributed by atoms with Crippen molar-refractivity contribution in [3.8, 4) is 0 Å². The normalized spacial score (nSPS) is 10.9. The fourth-order valence-electron chi connectivity index (χ4n) is 1.60.